The van der Waals surface area contributed by atoms with E-state index >= 15 is 0 Å². The quantitative estimate of drug-likeness (QED) is 0.893. The van der Waals surface area contributed by atoms with Crippen molar-refractivity contribution < 1.29 is 5.11 Å². The number of hydrogen-bond donors (Lipinski definition) is 1. The fraction of sp³-hybridized carbons (Fsp3) is 0.400. The molecule has 13 heavy (non-hydrogen) atoms. The van der Waals surface area contributed by atoms with E-state index in [0.29, 0.717) is 0 Å². The van der Waals surface area contributed by atoms with Crippen LogP contribution in [0, 0.1) is 0 Å². The predicted octanol–water partition coefficient (Wildman–Crippen LogP) is 4.05. The third kappa shape index (κ3) is 3.08. The maximum Gasteiger partial charge on any atom is 0.0790 e. The first-order valence-electron chi connectivity index (χ1n) is 4.28. The molecule has 1 rings (SSSR count). The first-order valence-corrected chi connectivity index (χ1v) is 5.86. The highest BCUT2D eigenvalue weighted by Gasteiger charge is 2.07. The molecule has 0 spiro atoms. The molecule has 72 valence electrons. The van der Waals surface area contributed by atoms with Gasteiger partial charge in [-0.1, -0.05) is 19.4 Å². The Labute approximate surface area is 95.4 Å². The van der Waals surface area contributed by atoms with Crippen molar-refractivity contribution in [3.05, 3.63) is 32.7 Å². The number of benzene rings is 1. The minimum atomic E-state index is -0.339. The molecule has 1 unspecified atom stereocenters. The van der Waals surface area contributed by atoms with Gasteiger partial charge in [-0.15, -0.1) is 0 Å². The Morgan fingerprint density at radius 2 is 2.00 bits per heavy atom. The van der Waals surface area contributed by atoms with Gasteiger partial charge in [0, 0.05) is 8.95 Å². The summed E-state index contributed by atoms with van der Waals surface area (Å²) in [6.07, 6.45) is 1.47. The van der Waals surface area contributed by atoms with Gasteiger partial charge in [0.25, 0.3) is 0 Å². The molecule has 0 amide bonds. The third-order valence-corrected chi connectivity index (χ3v) is 3.77. The van der Waals surface area contributed by atoms with Crippen LogP contribution in [0.3, 0.4) is 0 Å². The largest absolute Gasteiger partial charge is 0.388 e. The first kappa shape index (κ1) is 11.2. The molecule has 0 fully saturated rings. The van der Waals surface area contributed by atoms with E-state index in [9.17, 15) is 5.11 Å². The van der Waals surface area contributed by atoms with E-state index in [2.05, 4.69) is 38.8 Å². The van der Waals surface area contributed by atoms with E-state index in [1.165, 1.54) is 0 Å². The normalized spacial score (nSPS) is 12.9. The molecule has 1 aromatic carbocycles. The monoisotopic (exact) mass is 306 g/mol. The summed E-state index contributed by atoms with van der Waals surface area (Å²) in [6, 6.07) is 5.83. The molecule has 0 saturated carbocycles. The molecule has 0 aliphatic heterocycles. The number of halogens is 2. The van der Waals surface area contributed by atoms with Gasteiger partial charge in [-0.25, -0.2) is 0 Å². The zero-order valence-corrected chi connectivity index (χ0v) is 10.6. The van der Waals surface area contributed by atoms with Gasteiger partial charge in [0.2, 0.25) is 0 Å². The molecule has 0 radical (unpaired) electrons. The van der Waals surface area contributed by atoms with Crippen molar-refractivity contribution in [2.45, 2.75) is 25.9 Å². The Morgan fingerprint density at radius 1 is 1.31 bits per heavy atom. The average molecular weight is 308 g/mol. The summed E-state index contributed by atoms with van der Waals surface area (Å²) >= 11 is 6.80. The molecule has 0 heterocycles. The number of hydrogen-bond acceptors (Lipinski definition) is 1. The molecule has 3 heteroatoms. The predicted molar refractivity (Wildman–Crippen MR) is 61.7 cm³/mol. The van der Waals surface area contributed by atoms with Crippen LogP contribution in [0.5, 0.6) is 0 Å². The van der Waals surface area contributed by atoms with Gasteiger partial charge < -0.3 is 5.11 Å². The lowest BCUT2D eigenvalue weighted by Crippen LogP contribution is -1.96. The number of rotatable bonds is 3. The fourth-order valence-electron chi connectivity index (χ4n) is 1.16. The summed E-state index contributed by atoms with van der Waals surface area (Å²) in [7, 11) is 0. The van der Waals surface area contributed by atoms with E-state index in [1.807, 2.05) is 18.2 Å². The minimum absolute atomic E-state index is 0.339. The van der Waals surface area contributed by atoms with E-state index in [4.69, 9.17) is 0 Å². The molecule has 1 nitrogen and oxygen atoms in total. The Hall–Kier alpha value is 0.140. The molecule has 0 bridgehead atoms. The molecule has 1 atom stereocenters. The van der Waals surface area contributed by atoms with Crippen LogP contribution in [0.1, 0.15) is 31.4 Å². The van der Waals surface area contributed by atoms with Crippen LogP contribution < -0.4 is 0 Å². The molecule has 0 aliphatic carbocycles. The van der Waals surface area contributed by atoms with Gasteiger partial charge in [-0.3, -0.25) is 0 Å². The van der Waals surface area contributed by atoms with Crippen molar-refractivity contribution in [2.75, 3.05) is 0 Å². The van der Waals surface area contributed by atoms with Gasteiger partial charge in [0.15, 0.2) is 0 Å². The van der Waals surface area contributed by atoms with Crippen molar-refractivity contribution in [2.24, 2.45) is 0 Å². The van der Waals surface area contributed by atoms with Crippen molar-refractivity contribution in [1.82, 2.24) is 0 Å². The highest BCUT2D eigenvalue weighted by Crippen LogP contribution is 2.27. The van der Waals surface area contributed by atoms with Crippen molar-refractivity contribution in [1.29, 1.82) is 0 Å². The van der Waals surface area contributed by atoms with Gasteiger partial charge in [-0.2, -0.15) is 0 Å². The van der Waals surface area contributed by atoms with E-state index in [0.717, 1.165) is 27.4 Å². The van der Waals surface area contributed by atoms with E-state index in [-0.39, 0.29) is 6.10 Å². The number of aliphatic hydroxyl groups excluding tert-OH is 1. The summed E-state index contributed by atoms with van der Waals surface area (Å²) in [5, 5.41) is 9.70. The maximum absolute atomic E-state index is 9.70. The topological polar surface area (TPSA) is 20.2 Å². The van der Waals surface area contributed by atoms with Crippen molar-refractivity contribution in [3.63, 3.8) is 0 Å². The smallest absolute Gasteiger partial charge is 0.0790 e. The Kier molecular flexibility index (Phi) is 4.42. The second-order valence-corrected chi connectivity index (χ2v) is 4.69. The molecule has 0 saturated heterocycles. The number of aliphatic hydroxyl groups is 1. The molecule has 0 aliphatic rings. The zero-order chi connectivity index (χ0) is 9.84. The molecular weight excluding hydrogens is 296 g/mol. The van der Waals surface area contributed by atoms with Crippen LogP contribution in [0.15, 0.2) is 27.1 Å². The van der Waals surface area contributed by atoms with Gasteiger partial charge in [0.05, 0.1) is 6.10 Å². The van der Waals surface area contributed by atoms with Gasteiger partial charge in [0.1, 0.15) is 0 Å². The van der Waals surface area contributed by atoms with E-state index in [1.54, 1.807) is 0 Å². The van der Waals surface area contributed by atoms with Gasteiger partial charge >= 0.3 is 0 Å². The SMILES string of the molecule is CCCC(O)c1ccc(Br)c(Br)c1. The summed E-state index contributed by atoms with van der Waals surface area (Å²) < 4.78 is 2.00. The van der Waals surface area contributed by atoms with Crippen LogP contribution in [0.2, 0.25) is 0 Å². The van der Waals surface area contributed by atoms with Crippen LogP contribution >= 0.6 is 31.9 Å². The highest BCUT2D eigenvalue weighted by atomic mass is 79.9. The lowest BCUT2D eigenvalue weighted by molar-refractivity contribution is 0.166. The average Bonchev–Trinajstić information content (AvgIpc) is 2.10. The van der Waals surface area contributed by atoms with Crippen LogP contribution in [-0.2, 0) is 0 Å². The summed E-state index contributed by atoms with van der Waals surface area (Å²) in [5.41, 5.74) is 0.969. The lowest BCUT2D eigenvalue weighted by Gasteiger charge is -2.10. The van der Waals surface area contributed by atoms with Crippen LogP contribution in [0.4, 0.5) is 0 Å². The second kappa shape index (κ2) is 5.13. The fourth-order valence-corrected chi connectivity index (χ4v) is 1.80. The molecule has 1 N–H and O–H groups in total. The summed E-state index contributed by atoms with van der Waals surface area (Å²) in [4.78, 5) is 0. The maximum atomic E-state index is 9.70. The van der Waals surface area contributed by atoms with Crippen molar-refractivity contribution in [3.8, 4) is 0 Å². The Morgan fingerprint density at radius 3 is 2.54 bits per heavy atom. The van der Waals surface area contributed by atoms with Gasteiger partial charge in [-0.05, 0) is 56.0 Å². The minimum Gasteiger partial charge on any atom is -0.388 e. The standard InChI is InChI=1S/C10H12Br2O/c1-2-3-10(13)7-4-5-8(11)9(12)6-7/h4-6,10,13H,2-3H2,1H3. The highest BCUT2D eigenvalue weighted by molar-refractivity contribution is 9.13. The molecular formula is C10H12Br2O. The van der Waals surface area contributed by atoms with Crippen LogP contribution in [0.25, 0.3) is 0 Å². The van der Waals surface area contributed by atoms with Crippen LogP contribution in [-0.4, -0.2) is 5.11 Å². The zero-order valence-electron chi connectivity index (χ0n) is 7.43. The first-order chi connectivity index (χ1) is 6.15. The third-order valence-electron chi connectivity index (χ3n) is 1.89. The lowest BCUT2D eigenvalue weighted by atomic mass is 10.1. The van der Waals surface area contributed by atoms with E-state index < -0.39 is 0 Å². The molecule has 0 aromatic heterocycles. The Bertz CT molecular complexity index is 286. The Balaban J connectivity index is 2.84. The summed E-state index contributed by atoms with van der Waals surface area (Å²) in [6.45, 7) is 2.07. The van der Waals surface area contributed by atoms with Crippen molar-refractivity contribution >= 4 is 31.9 Å². The second-order valence-electron chi connectivity index (χ2n) is 2.98. The molecule has 1 aromatic rings. The summed E-state index contributed by atoms with van der Waals surface area (Å²) in [5.74, 6) is 0.